The number of rotatable bonds is 11. The van der Waals surface area contributed by atoms with Crippen molar-refractivity contribution in [1.29, 1.82) is 5.26 Å². The van der Waals surface area contributed by atoms with Crippen LogP contribution in [-0.2, 0) is 16.8 Å². The molecule has 1 spiro atoms. The van der Waals surface area contributed by atoms with E-state index in [1.807, 2.05) is 74.3 Å². The molecular formula is C43H55Cl2N7O4. The van der Waals surface area contributed by atoms with E-state index >= 15 is 0 Å². The van der Waals surface area contributed by atoms with E-state index < -0.39 is 11.0 Å². The molecule has 11 nitrogen and oxygen atoms in total. The van der Waals surface area contributed by atoms with Crippen LogP contribution in [0, 0.1) is 16.7 Å². The molecule has 0 radical (unpaired) electrons. The summed E-state index contributed by atoms with van der Waals surface area (Å²) < 4.78 is 17.3. The van der Waals surface area contributed by atoms with Crippen LogP contribution >= 0.6 is 23.2 Å². The molecule has 0 bridgehead atoms. The van der Waals surface area contributed by atoms with Crippen molar-refractivity contribution in [3.63, 3.8) is 0 Å². The van der Waals surface area contributed by atoms with E-state index in [2.05, 4.69) is 39.6 Å². The minimum atomic E-state index is -0.448. The first kappa shape index (κ1) is 40.4. The number of amides is 1. The van der Waals surface area contributed by atoms with Crippen molar-refractivity contribution < 1.29 is 19.0 Å². The zero-order valence-electron chi connectivity index (χ0n) is 33.4. The van der Waals surface area contributed by atoms with Gasteiger partial charge in [0.2, 0.25) is 5.95 Å². The fourth-order valence-corrected chi connectivity index (χ4v) is 8.93. The number of likely N-dealkylation sites (tertiary alicyclic amines) is 3. The van der Waals surface area contributed by atoms with E-state index in [-0.39, 0.29) is 12.7 Å². The summed E-state index contributed by atoms with van der Waals surface area (Å²) in [5.41, 5.74) is 2.74. The second kappa shape index (κ2) is 16.6. The number of carbonyl (C=O) groups excluding carboxylic acids is 1. The Morgan fingerprint density at radius 3 is 2.27 bits per heavy atom. The van der Waals surface area contributed by atoms with Crippen LogP contribution in [0.5, 0.6) is 11.5 Å². The number of benzene rings is 2. The molecule has 4 fully saturated rings. The predicted octanol–water partition coefficient (Wildman–Crippen LogP) is 7.51. The highest BCUT2D eigenvalue weighted by Crippen LogP contribution is 2.43. The predicted molar refractivity (Wildman–Crippen MR) is 219 cm³/mol. The Balaban J connectivity index is 0.848. The van der Waals surface area contributed by atoms with Crippen molar-refractivity contribution >= 4 is 35.2 Å². The lowest BCUT2D eigenvalue weighted by Gasteiger charge is -2.58. The van der Waals surface area contributed by atoms with Crippen molar-refractivity contribution in [3.8, 4) is 17.6 Å². The number of anilines is 1. The molecule has 0 aliphatic carbocycles. The minimum Gasteiger partial charge on any atom is -0.489 e. The van der Waals surface area contributed by atoms with Crippen molar-refractivity contribution in [2.45, 2.75) is 90.0 Å². The summed E-state index contributed by atoms with van der Waals surface area (Å²) in [5, 5.41) is 10.2. The second-order valence-corrected chi connectivity index (χ2v) is 18.3. The van der Waals surface area contributed by atoms with Crippen LogP contribution in [0.25, 0.3) is 0 Å². The number of carbonyl (C=O) groups is 1. The Bertz CT molecular complexity index is 1880. The van der Waals surface area contributed by atoms with Crippen molar-refractivity contribution in [2.24, 2.45) is 5.41 Å². The van der Waals surface area contributed by atoms with Gasteiger partial charge in [-0.2, -0.15) is 5.26 Å². The van der Waals surface area contributed by atoms with Crippen LogP contribution in [0.3, 0.4) is 0 Å². The number of hydrogen-bond donors (Lipinski definition) is 0. The first-order valence-corrected chi connectivity index (χ1v) is 20.9. The monoisotopic (exact) mass is 803 g/mol. The maximum absolute atomic E-state index is 12.4. The van der Waals surface area contributed by atoms with Crippen LogP contribution < -0.4 is 14.4 Å². The number of nitriles is 1. The van der Waals surface area contributed by atoms with Crippen LogP contribution in [0.2, 0.25) is 5.02 Å². The average Bonchev–Trinajstić information content (AvgIpc) is 3.14. The Morgan fingerprint density at radius 1 is 0.929 bits per heavy atom. The molecule has 13 heteroatoms. The van der Waals surface area contributed by atoms with Crippen LogP contribution in [-0.4, -0.2) is 113 Å². The second-order valence-electron chi connectivity index (χ2n) is 17.5. The molecule has 0 atom stereocenters. The number of hydrogen-bond acceptors (Lipinski definition) is 10. The molecule has 3 aromatic rings. The summed E-state index contributed by atoms with van der Waals surface area (Å²) in [7, 11) is 0. The van der Waals surface area contributed by atoms with E-state index in [1.165, 1.54) is 25.9 Å². The van der Waals surface area contributed by atoms with E-state index in [4.69, 9.17) is 42.4 Å². The molecule has 4 aliphatic heterocycles. The normalized spacial score (nSPS) is 19.6. The highest BCUT2D eigenvalue weighted by Gasteiger charge is 2.48. The van der Waals surface area contributed by atoms with Gasteiger partial charge in [0.1, 0.15) is 30.6 Å². The first-order chi connectivity index (χ1) is 26.8. The van der Waals surface area contributed by atoms with E-state index in [0.717, 1.165) is 80.6 Å². The van der Waals surface area contributed by atoms with Gasteiger partial charge >= 0.3 is 6.09 Å². The maximum Gasteiger partial charge on any atom is 0.410 e. The third-order valence-electron chi connectivity index (χ3n) is 12.1. The zero-order valence-corrected chi connectivity index (χ0v) is 34.9. The van der Waals surface area contributed by atoms with Gasteiger partial charge in [-0.1, -0.05) is 37.6 Å². The van der Waals surface area contributed by atoms with E-state index in [9.17, 15) is 10.1 Å². The van der Waals surface area contributed by atoms with Crippen molar-refractivity contribution in [3.05, 3.63) is 76.1 Å². The topological polar surface area (TPSA) is 107 Å². The van der Waals surface area contributed by atoms with Crippen molar-refractivity contribution in [2.75, 3.05) is 69.7 Å². The third-order valence-corrected chi connectivity index (χ3v) is 12.5. The summed E-state index contributed by atoms with van der Waals surface area (Å²) >= 11 is 12.3. The van der Waals surface area contributed by atoms with Gasteiger partial charge in [0, 0.05) is 76.1 Å². The molecule has 1 amide bonds. The van der Waals surface area contributed by atoms with Crippen LogP contribution in [0.15, 0.2) is 48.7 Å². The Hall–Kier alpha value is -3.82. The summed E-state index contributed by atoms with van der Waals surface area (Å²) in [6.45, 7) is 18.7. The fourth-order valence-electron chi connectivity index (χ4n) is 8.58. The zero-order chi connectivity index (χ0) is 39.7. The van der Waals surface area contributed by atoms with Gasteiger partial charge in [-0.25, -0.2) is 14.8 Å². The van der Waals surface area contributed by atoms with Gasteiger partial charge in [-0.15, -0.1) is 11.6 Å². The standard InChI is InChI=1S/C43H55Cl2N7O4/c1-41(2,3)56-40(53)51-25-35(26-51)49-17-11-34(12-18-49)52-28-43(29-52)13-19-50(20-14-43)39-47-16-10-33(48-39)27-55-36-8-6-31(7-9-36)42(4,5)32-22-30(24-46)38(37(45)23-32)54-21-15-44/h6-10,16,22-23,34-35H,11-15,17-21,25-29H2,1-5H3. The molecule has 0 unspecified atom stereocenters. The minimum absolute atomic E-state index is 0.188. The van der Waals surface area contributed by atoms with Gasteiger partial charge in [-0.3, -0.25) is 9.80 Å². The number of halogens is 2. The molecule has 7 rings (SSSR count). The quantitative estimate of drug-likeness (QED) is 0.181. The molecule has 56 heavy (non-hydrogen) atoms. The first-order valence-electron chi connectivity index (χ1n) is 19.9. The lowest BCUT2D eigenvalue weighted by atomic mass is 9.71. The number of alkyl halides is 1. The van der Waals surface area contributed by atoms with Gasteiger partial charge in [0.05, 0.1) is 22.2 Å². The largest absolute Gasteiger partial charge is 0.489 e. The molecule has 0 N–H and O–H groups in total. The number of aromatic nitrogens is 2. The molecule has 1 aromatic heterocycles. The Labute approximate surface area is 341 Å². The summed E-state index contributed by atoms with van der Waals surface area (Å²) in [6.07, 6.45) is 6.37. The maximum atomic E-state index is 12.4. The van der Waals surface area contributed by atoms with Gasteiger partial charge < -0.3 is 24.0 Å². The van der Waals surface area contributed by atoms with E-state index in [1.54, 1.807) is 0 Å². The SMILES string of the molecule is CC(C)(C)OC(=O)N1CC(N2CCC(N3CC4(CCN(c5nccc(COc6ccc(C(C)(C)c7cc(Cl)c(OCCCl)c(C#N)c7)cc6)n5)CC4)C3)CC2)C1. The number of nitrogens with zero attached hydrogens (tertiary/aromatic N) is 7. The highest BCUT2D eigenvalue weighted by atomic mass is 35.5. The van der Waals surface area contributed by atoms with Crippen molar-refractivity contribution in [1.82, 2.24) is 24.7 Å². The Kier molecular flexibility index (Phi) is 12.0. The highest BCUT2D eigenvalue weighted by molar-refractivity contribution is 6.32. The smallest absolute Gasteiger partial charge is 0.410 e. The molecule has 0 saturated carbocycles. The number of piperidine rings is 2. The fraction of sp³-hybridized carbons (Fsp3) is 0.581. The van der Waals surface area contributed by atoms with E-state index in [0.29, 0.717) is 46.3 Å². The average molecular weight is 805 g/mol. The van der Waals surface area contributed by atoms with Gasteiger partial charge in [0.25, 0.3) is 0 Å². The number of ether oxygens (including phenoxy) is 3. The van der Waals surface area contributed by atoms with Gasteiger partial charge in [-0.05, 0) is 93.3 Å². The molecule has 300 valence electrons. The summed E-state index contributed by atoms with van der Waals surface area (Å²) in [5.74, 6) is 2.20. The lowest BCUT2D eigenvalue weighted by Crippen LogP contribution is -2.66. The Morgan fingerprint density at radius 2 is 1.62 bits per heavy atom. The molecule has 4 saturated heterocycles. The van der Waals surface area contributed by atoms with Crippen LogP contribution in [0.4, 0.5) is 10.7 Å². The summed E-state index contributed by atoms with van der Waals surface area (Å²) in [6, 6.07) is 17.0. The molecule has 4 aliphatic rings. The molecule has 5 heterocycles. The van der Waals surface area contributed by atoms with Crippen LogP contribution in [0.1, 0.15) is 82.7 Å². The molecular weight excluding hydrogens is 749 g/mol. The molecule has 2 aromatic carbocycles. The summed E-state index contributed by atoms with van der Waals surface area (Å²) in [4.78, 5) is 31.3. The lowest BCUT2D eigenvalue weighted by molar-refractivity contribution is -0.0714. The third kappa shape index (κ3) is 8.99. The van der Waals surface area contributed by atoms with Gasteiger partial charge in [0.15, 0.2) is 5.75 Å².